The van der Waals surface area contributed by atoms with Gasteiger partial charge in [0.15, 0.2) is 0 Å². The Morgan fingerprint density at radius 2 is 2.31 bits per heavy atom. The minimum absolute atomic E-state index is 0.0293. The third-order valence-corrected chi connectivity index (χ3v) is 3.70. The maximum atomic E-state index is 11.4. The zero-order valence-electron chi connectivity index (χ0n) is 10.3. The van der Waals surface area contributed by atoms with Gasteiger partial charge >= 0.3 is 0 Å². The van der Waals surface area contributed by atoms with Crippen LogP contribution in [0.2, 0.25) is 0 Å². The van der Waals surface area contributed by atoms with E-state index < -0.39 is 0 Å². The van der Waals surface area contributed by atoms with Crippen LogP contribution in [-0.4, -0.2) is 16.0 Å². The molecule has 1 N–H and O–H groups in total. The predicted octanol–water partition coefficient (Wildman–Crippen LogP) is 1.87. The molecule has 1 saturated heterocycles. The first-order valence-electron chi connectivity index (χ1n) is 5.94. The van der Waals surface area contributed by atoms with Crippen molar-refractivity contribution in [1.82, 2.24) is 9.88 Å². The Balaban J connectivity index is 2.18. The van der Waals surface area contributed by atoms with Crippen molar-refractivity contribution in [2.24, 2.45) is 13.0 Å². The topological polar surface area (TPSA) is 34.0 Å². The zero-order valence-corrected chi connectivity index (χ0v) is 10.3. The molecule has 1 atom stereocenters. The first-order valence-corrected chi connectivity index (χ1v) is 5.94. The molecular formula is C13H20N2O. The SMILES string of the molecule is CC(C)C1(Cc2ccn(C)c2)CCC(=O)N1. The third kappa shape index (κ3) is 1.99. The highest BCUT2D eigenvalue weighted by atomic mass is 16.2. The van der Waals surface area contributed by atoms with Crippen LogP contribution in [0.4, 0.5) is 0 Å². The maximum Gasteiger partial charge on any atom is 0.220 e. The van der Waals surface area contributed by atoms with Gasteiger partial charge in [0.25, 0.3) is 0 Å². The van der Waals surface area contributed by atoms with Crippen LogP contribution < -0.4 is 5.32 Å². The average Bonchev–Trinajstić information content (AvgIpc) is 2.75. The molecule has 1 amide bonds. The summed E-state index contributed by atoms with van der Waals surface area (Å²) >= 11 is 0. The molecule has 0 saturated carbocycles. The predicted molar refractivity (Wildman–Crippen MR) is 64.1 cm³/mol. The molecule has 16 heavy (non-hydrogen) atoms. The van der Waals surface area contributed by atoms with E-state index in [1.807, 2.05) is 7.05 Å². The lowest BCUT2D eigenvalue weighted by Crippen LogP contribution is -2.48. The maximum absolute atomic E-state index is 11.4. The van der Waals surface area contributed by atoms with E-state index in [0.717, 1.165) is 12.8 Å². The van der Waals surface area contributed by atoms with Gasteiger partial charge in [0, 0.05) is 31.4 Å². The summed E-state index contributed by atoms with van der Waals surface area (Å²) in [6.45, 7) is 4.38. The number of aryl methyl sites for hydroxylation is 1. The highest BCUT2D eigenvalue weighted by molar-refractivity contribution is 5.79. The Bertz CT molecular complexity index is 394. The van der Waals surface area contributed by atoms with Crippen molar-refractivity contribution in [1.29, 1.82) is 0 Å². The fourth-order valence-electron chi connectivity index (χ4n) is 2.54. The minimum atomic E-state index is -0.0293. The zero-order chi connectivity index (χ0) is 11.8. The number of hydrogen-bond acceptors (Lipinski definition) is 1. The summed E-state index contributed by atoms with van der Waals surface area (Å²) in [5.74, 6) is 0.670. The van der Waals surface area contributed by atoms with Gasteiger partial charge in [-0.1, -0.05) is 13.8 Å². The van der Waals surface area contributed by atoms with Gasteiger partial charge in [0.1, 0.15) is 0 Å². The molecule has 0 aliphatic carbocycles. The number of nitrogens with one attached hydrogen (secondary N) is 1. The molecule has 0 aromatic carbocycles. The highest BCUT2D eigenvalue weighted by Gasteiger charge is 2.40. The Hall–Kier alpha value is -1.25. The molecule has 2 rings (SSSR count). The number of aromatic nitrogens is 1. The van der Waals surface area contributed by atoms with Crippen molar-refractivity contribution in [2.75, 3.05) is 0 Å². The molecule has 1 aromatic rings. The smallest absolute Gasteiger partial charge is 0.220 e. The Labute approximate surface area is 96.8 Å². The summed E-state index contributed by atoms with van der Waals surface area (Å²) < 4.78 is 2.06. The summed E-state index contributed by atoms with van der Waals surface area (Å²) in [4.78, 5) is 11.4. The van der Waals surface area contributed by atoms with Crippen LogP contribution in [0.1, 0.15) is 32.3 Å². The van der Waals surface area contributed by atoms with Crippen molar-refractivity contribution in [3.63, 3.8) is 0 Å². The molecule has 3 heteroatoms. The fourth-order valence-corrected chi connectivity index (χ4v) is 2.54. The van der Waals surface area contributed by atoms with Gasteiger partial charge < -0.3 is 9.88 Å². The standard InChI is InChI=1S/C13H20N2O/c1-10(2)13(6-4-12(16)14-13)8-11-5-7-15(3)9-11/h5,7,9-10H,4,6,8H2,1-3H3,(H,14,16). The number of rotatable bonds is 3. The summed E-state index contributed by atoms with van der Waals surface area (Å²) in [6.07, 6.45) is 6.76. The number of hydrogen-bond donors (Lipinski definition) is 1. The lowest BCUT2D eigenvalue weighted by Gasteiger charge is -2.33. The van der Waals surface area contributed by atoms with Crippen LogP contribution in [0.3, 0.4) is 0 Å². The summed E-state index contributed by atoms with van der Waals surface area (Å²) in [6, 6.07) is 2.13. The molecule has 1 aromatic heterocycles. The van der Waals surface area contributed by atoms with E-state index in [1.54, 1.807) is 0 Å². The van der Waals surface area contributed by atoms with Crippen molar-refractivity contribution in [3.05, 3.63) is 24.0 Å². The highest BCUT2D eigenvalue weighted by Crippen LogP contribution is 2.31. The number of nitrogens with zero attached hydrogens (tertiary/aromatic N) is 1. The summed E-state index contributed by atoms with van der Waals surface area (Å²) in [5.41, 5.74) is 1.27. The molecule has 1 aliphatic heterocycles. The van der Waals surface area contributed by atoms with Crippen molar-refractivity contribution in [3.8, 4) is 0 Å². The van der Waals surface area contributed by atoms with E-state index >= 15 is 0 Å². The fraction of sp³-hybridized carbons (Fsp3) is 0.615. The summed E-state index contributed by atoms with van der Waals surface area (Å²) in [7, 11) is 2.03. The van der Waals surface area contributed by atoms with Crippen LogP contribution in [0.15, 0.2) is 18.5 Å². The second-order valence-electron chi connectivity index (χ2n) is 5.22. The van der Waals surface area contributed by atoms with E-state index in [-0.39, 0.29) is 11.4 Å². The van der Waals surface area contributed by atoms with E-state index in [0.29, 0.717) is 12.3 Å². The molecule has 2 heterocycles. The molecule has 0 bridgehead atoms. The number of amides is 1. The number of carbonyl (C=O) groups is 1. The monoisotopic (exact) mass is 220 g/mol. The largest absolute Gasteiger partial charge is 0.357 e. The second kappa shape index (κ2) is 3.96. The lowest BCUT2D eigenvalue weighted by molar-refractivity contribution is -0.120. The van der Waals surface area contributed by atoms with Gasteiger partial charge in [0.2, 0.25) is 5.91 Å². The van der Waals surface area contributed by atoms with E-state index in [4.69, 9.17) is 0 Å². The molecule has 1 aliphatic rings. The first-order chi connectivity index (χ1) is 7.52. The van der Waals surface area contributed by atoms with Crippen LogP contribution in [-0.2, 0) is 18.3 Å². The van der Waals surface area contributed by atoms with E-state index in [2.05, 4.69) is 42.2 Å². The van der Waals surface area contributed by atoms with Crippen LogP contribution in [0.5, 0.6) is 0 Å². The van der Waals surface area contributed by atoms with Gasteiger partial charge in [-0.2, -0.15) is 0 Å². The van der Waals surface area contributed by atoms with Crippen molar-refractivity contribution in [2.45, 2.75) is 38.6 Å². The van der Waals surface area contributed by atoms with Crippen molar-refractivity contribution >= 4 is 5.91 Å². The van der Waals surface area contributed by atoms with Gasteiger partial charge in [-0.15, -0.1) is 0 Å². The summed E-state index contributed by atoms with van der Waals surface area (Å²) in [5, 5.41) is 3.18. The molecule has 1 unspecified atom stereocenters. The Morgan fingerprint density at radius 1 is 1.56 bits per heavy atom. The van der Waals surface area contributed by atoms with Crippen LogP contribution in [0, 0.1) is 5.92 Å². The Kier molecular flexibility index (Phi) is 2.78. The molecule has 88 valence electrons. The van der Waals surface area contributed by atoms with Gasteiger partial charge in [-0.05, 0) is 30.4 Å². The van der Waals surface area contributed by atoms with Gasteiger partial charge in [0.05, 0.1) is 0 Å². The van der Waals surface area contributed by atoms with Gasteiger partial charge in [-0.25, -0.2) is 0 Å². The number of carbonyl (C=O) groups excluding carboxylic acids is 1. The lowest BCUT2D eigenvalue weighted by atomic mass is 9.80. The van der Waals surface area contributed by atoms with Crippen LogP contribution in [0.25, 0.3) is 0 Å². The van der Waals surface area contributed by atoms with E-state index in [9.17, 15) is 4.79 Å². The molecular weight excluding hydrogens is 200 g/mol. The Morgan fingerprint density at radius 3 is 2.75 bits per heavy atom. The minimum Gasteiger partial charge on any atom is -0.357 e. The molecule has 3 nitrogen and oxygen atoms in total. The quantitative estimate of drug-likeness (QED) is 0.829. The van der Waals surface area contributed by atoms with E-state index in [1.165, 1.54) is 5.56 Å². The average molecular weight is 220 g/mol. The molecule has 1 fully saturated rings. The first kappa shape index (κ1) is 11.2. The second-order valence-corrected chi connectivity index (χ2v) is 5.22. The van der Waals surface area contributed by atoms with Crippen LogP contribution >= 0.6 is 0 Å². The molecule has 0 radical (unpaired) electrons. The normalized spacial score (nSPS) is 25.1. The third-order valence-electron chi connectivity index (χ3n) is 3.70. The molecule has 0 spiro atoms. The van der Waals surface area contributed by atoms with Gasteiger partial charge in [-0.3, -0.25) is 4.79 Å². The van der Waals surface area contributed by atoms with Crippen molar-refractivity contribution < 1.29 is 4.79 Å².